The number of pyridine rings is 1. The van der Waals surface area contributed by atoms with E-state index in [2.05, 4.69) is 9.71 Å². The van der Waals surface area contributed by atoms with Gasteiger partial charge in [-0.15, -0.1) is 0 Å². The maximum atomic E-state index is 14.7. The molecule has 0 aliphatic rings. The van der Waals surface area contributed by atoms with Crippen LogP contribution in [0, 0.1) is 5.82 Å². The third kappa shape index (κ3) is 4.86. The van der Waals surface area contributed by atoms with Crippen molar-refractivity contribution in [2.45, 2.75) is 13.3 Å². The number of sulfonamides is 1. The van der Waals surface area contributed by atoms with Gasteiger partial charge in [0, 0.05) is 23.7 Å². The summed E-state index contributed by atoms with van der Waals surface area (Å²) in [5.74, 6) is 0.776. The van der Waals surface area contributed by atoms with Gasteiger partial charge in [-0.2, -0.15) is 8.42 Å². The number of methoxy groups -OCH3 is 3. The fourth-order valence-electron chi connectivity index (χ4n) is 2.97. The van der Waals surface area contributed by atoms with E-state index in [0.29, 0.717) is 34.6 Å². The van der Waals surface area contributed by atoms with E-state index in [0.717, 1.165) is 6.07 Å². The van der Waals surface area contributed by atoms with Crippen LogP contribution in [-0.2, 0) is 14.8 Å². The van der Waals surface area contributed by atoms with Crippen molar-refractivity contribution in [1.29, 1.82) is 0 Å². The molecule has 1 heterocycles. The Labute approximate surface area is 185 Å². The fraction of sp³-hybridized carbons (Fsp3) is 0.227. The third-order valence-electron chi connectivity index (χ3n) is 4.46. The molecule has 1 N–H and O–H groups in total. The molecule has 0 spiro atoms. The van der Waals surface area contributed by atoms with Gasteiger partial charge in [-0.1, -0.05) is 6.92 Å². The van der Waals surface area contributed by atoms with E-state index in [9.17, 15) is 12.8 Å². The second-order valence-electron chi connectivity index (χ2n) is 6.52. The number of nitrogens with one attached hydrogen (secondary N) is 1. The van der Waals surface area contributed by atoms with Crippen LogP contribution in [0.15, 0.2) is 53.8 Å². The van der Waals surface area contributed by atoms with Crippen LogP contribution in [0.3, 0.4) is 0 Å². The number of nitrogens with zero attached hydrogens (tertiary/aromatic N) is 1. The summed E-state index contributed by atoms with van der Waals surface area (Å²) in [5, 5.41) is 0.345. The average Bonchev–Trinajstić information content (AvgIpc) is 2.78. The Hall–Kier alpha value is -3.53. The zero-order valence-corrected chi connectivity index (χ0v) is 18.8. The highest BCUT2D eigenvalue weighted by Gasteiger charge is 2.20. The first-order chi connectivity index (χ1) is 15.3. The molecular weight excluding hydrogens is 439 g/mol. The molecule has 0 radical (unpaired) electrons. The van der Waals surface area contributed by atoms with Crippen molar-refractivity contribution in [3.8, 4) is 23.0 Å². The van der Waals surface area contributed by atoms with Gasteiger partial charge in [0.15, 0.2) is 17.3 Å². The van der Waals surface area contributed by atoms with Gasteiger partial charge in [0.05, 0.1) is 32.5 Å². The molecule has 3 rings (SSSR count). The Morgan fingerprint density at radius 2 is 1.78 bits per heavy atom. The number of hydrogen-bond acceptors (Lipinski definition) is 7. The molecule has 0 saturated carbocycles. The summed E-state index contributed by atoms with van der Waals surface area (Å²) in [4.78, 5) is 4.30. The van der Waals surface area contributed by atoms with Gasteiger partial charge in [0.2, 0.25) is 5.09 Å². The van der Waals surface area contributed by atoms with Crippen LogP contribution in [0.25, 0.3) is 10.9 Å². The van der Waals surface area contributed by atoms with E-state index < -0.39 is 15.8 Å². The SMILES string of the molecule is CC/C=C(\OC)S(=O)(=O)Nc1ccc(Oc2ccnc3cc(OC)c(OC)cc23)cc1F. The van der Waals surface area contributed by atoms with Crippen LogP contribution in [0.5, 0.6) is 23.0 Å². The lowest BCUT2D eigenvalue weighted by atomic mass is 10.2. The number of hydrogen-bond donors (Lipinski definition) is 1. The maximum absolute atomic E-state index is 14.7. The van der Waals surface area contributed by atoms with Crippen molar-refractivity contribution in [1.82, 2.24) is 4.98 Å². The number of halogens is 1. The highest BCUT2D eigenvalue weighted by atomic mass is 32.2. The lowest BCUT2D eigenvalue weighted by molar-refractivity contribution is 0.316. The first kappa shape index (κ1) is 23.1. The van der Waals surface area contributed by atoms with Crippen molar-refractivity contribution >= 4 is 26.6 Å². The van der Waals surface area contributed by atoms with E-state index in [1.807, 2.05) is 0 Å². The minimum absolute atomic E-state index is 0.170. The van der Waals surface area contributed by atoms with Gasteiger partial charge in [0.1, 0.15) is 11.5 Å². The molecule has 0 unspecified atom stereocenters. The van der Waals surface area contributed by atoms with Crippen molar-refractivity contribution in [2.75, 3.05) is 26.1 Å². The Kier molecular flexibility index (Phi) is 7.04. The lowest BCUT2D eigenvalue weighted by Gasteiger charge is -2.14. The number of anilines is 1. The monoisotopic (exact) mass is 462 g/mol. The van der Waals surface area contributed by atoms with Crippen LogP contribution in [-0.4, -0.2) is 34.7 Å². The molecule has 2 aromatic carbocycles. The Balaban J connectivity index is 1.91. The van der Waals surface area contributed by atoms with Crippen LogP contribution >= 0.6 is 0 Å². The average molecular weight is 462 g/mol. The zero-order chi connectivity index (χ0) is 23.3. The maximum Gasteiger partial charge on any atom is 0.294 e. The number of ether oxygens (including phenoxy) is 4. The molecule has 170 valence electrons. The summed E-state index contributed by atoms with van der Waals surface area (Å²) in [6.07, 6.45) is 3.38. The van der Waals surface area contributed by atoms with Crippen molar-refractivity contribution in [3.63, 3.8) is 0 Å². The van der Waals surface area contributed by atoms with E-state index in [4.69, 9.17) is 18.9 Å². The Morgan fingerprint density at radius 1 is 1.06 bits per heavy atom. The molecule has 1 aromatic heterocycles. The van der Waals surface area contributed by atoms with E-state index in [-0.39, 0.29) is 16.5 Å². The summed E-state index contributed by atoms with van der Waals surface area (Å²) in [5.41, 5.74) is 0.363. The topological polar surface area (TPSA) is 96.0 Å². The molecule has 8 nitrogen and oxygen atoms in total. The molecule has 3 aromatic rings. The first-order valence-corrected chi connectivity index (χ1v) is 11.1. The molecular formula is C22H23FN2O6S. The van der Waals surface area contributed by atoms with Gasteiger partial charge < -0.3 is 18.9 Å². The van der Waals surface area contributed by atoms with Crippen molar-refractivity contribution < 1.29 is 31.8 Å². The molecule has 0 fully saturated rings. The van der Waals surface area contributed by atoms with Gasteiger partial charge in [0.25, 0.3) is 10.0 Å². The summed E-state index contributed by atoms with van der Waals surface area (Å²) in [6.45, 7) is 1.76. The van der Waals surface area contributed by atoms with E-state index in [1.54, 1.807) is 31.3 Å². The smallest absolute Gasteiger partial charge is 0.294 e. The highest BCUT2D eigenvalue weighted by Crippen LogP contribution is 2.37. The molecule has 32 heavy (non-hydrogen) atoms. The number of allylic oxidation sites excluding steroid dienone is 1. The van der Waals surface area contributed by atoms with Gasteiger partial charge >= 0.3 is 0 Å². The largest absolute Gasteiger partial charge is 0.493 e. The number of benzene rings is 2. The second-order valence-corrected chi connectivity index (χ2v) is 8.13. The molecule has 0 saturated heterocycles. The predicted molar refractivity (Wildman–Crippen MR) is 119 cm³/mol. The van der Waals surface area contributed by atoms with Crippen LogP contribution in [0.4, 0.5) is 10.1 Å². The van der Waals surface area contributed by atoms with Crippen LogP contribution in [0.2, 0.25) is 0 Å². The molecule has 10 heteroatoms. The number of aromatic nitrogens is 1. The number of fused-ring (bicyclic) bond motifs is 1. The van der Waals surface area contributed by atoms with E-state index in [1.165, 1.54) is 39.5 Å². The summed E-state index contributed by atoms with van der Waals surface area (Å²) in [6, 6.07) is 8.85. The molecule has 0 aliphatic carbocycles. The van der Waals surface area contributed by atoms with Crippen LogP contribution in [0.1, 0.15) is 13.3 Å². The molecule has 0 atom stereocenters. The fourth-order valence-corrected chi connectivity index (χ4v) is 4.13. The Bertz CT molecular complexity index is 1260. The molecule has 0 bridgehead atoms. The summed E-state index contributed by atoms with van der Waals surface area (Å²) >= 11 is 0. The minimum atomic E-state index is -4.05. The van der Waals surface area contributed by atoms with Gasteiger partial charge in [-0.05, 0) is 36.8 Å². The highest BCUT2D eigenvalue weighted by molar-refractivity contribution is 7.96. The molecule has 0 amide bonds. The summed E-state index contributed by atoms with van der Waals surface area (Å²) in [7, 11) is 0.221. The van der Waals surface area contributed by atoms with Crippen LogP contribution < -0.4 is 18.9 Å². The predicted octanol–water partition coefficient (Wildman–Crippen LogP) is 4.82. The molecule has 0 aliphatic heterocycles. The Morgan fingerprint density at radius 3 is 2.41 bits per heavy atom. The minimum Gasteiger partial charge on any atom is -0.493 e. The number of rotatable bonds is 9. The zero-order valence-electron chi connectivity index (χ0n) is 18.0. The normalized spacial score (nSPS) is 11.8. The third-order valence-corrected chi connectivity index (χ3v) is 5.81. The quantitative estimate of drug-likeness (QED) is 0.455. The van der Waals surface area contributed by atoms with Crippen molar-refractivity contribution in [2.24, 2.45) is 0 Å². The van der Waals surface area contributed by atoms with E-state index >= 15 is 0 Å². The standard InChI is InChI=1S/C22H23FN2O6S/c1-5-6-22(30-4)32(26,27)25-17-8-7-14(11-16(17)23)31-19-9-10-24-18-13-21(29-3)20(28-2)12-15(18)19/h6-13,25H,5H2,1-4H3/b22-6+. The first-order valence-electron chi connectivity index (χ1n) is 9.58. The second kappa shape index (κ2) is 9.73. The van der Waals surface area contributed by atoms with Gasteiger partial charge in [-0.3, -0.25) is 9.71 Å². The summed E-state index contributed by atoms with van der Waals surface area (Å²) < 4.78 is 62.9. The lowest BCUT2D eigenvalue weighted by Crippen LogP contribution is -2.17. The van der Waals surface area contributed by atoms with Crippen molar-refractivity contribution in [3.05, 3.63) is 59.6 Å². The van der Waals surface area contributed by atoms with Gasteiger partial charge in [-0.25, -0.2) is 4.39 Å².